The van der Waals surface area contributed by atoms with Gasteiger partial charge in [-0.25, -0.2) is 9.78 Å². The predicted molar refractivity (Wildman–Crippen MR) is 66.1 cm³/mol. The van der Waals surface area contributed by atoms with Crippen LogP contribution in [0.1, 0.15) is 43.1 Å². The monoisotopic (exact) mass is 242 g/mol. The first-order valence-corrected chi connectivity index (χ1v) is 6.43. The number of rotatable bonds is 7. The van der Waals surface area contributed by atoms with Crippen molar-refractivity contribution in [3.8, 4) is 0 Å². The summed E-state index contributed by atoms with van der Waals surface area (Å²) in [6.45, 7) is 3.10. The summed E-state index contributed by atoms with van der Waals surface area (Å²) in [5, 5.41) is 5.70. The molecule has 0 bridgehead atoms. The molecule has 4 nitrogen and oxygen atoms in total. The fourth-order valence-electron chi connectivity index (χ4n) is 1.30. The van der Waals surface area contributed by atoms with Crippen molar-refractivity contribution in [2.24, 2.45) is 0 Å². The first-order valence-electron chi connectivity index (χ1n) is 5.55. The van der Waals surface area contributed by atoms with Gasteiger partial charge in [0.1, 0.15) is 0 Å². The van der Waals surface area contributed by atoms with E-state index in [1.165, 1.54) is 37.7 Å². The molecule has 90 valence electrons. The van der Waals surface area contributed by atoms with E-state index in [9.17, 15) is 4.79 Å². The maximum Gasteiger partial charge on any atom is 0.357 e. The Kier molecular flexibility index (Phi) is 5.85. The highest BCUT2D eigenvalue weighted by Gasteiger charge is 2.09. The highest BCUT2D eigenvalue weighted by molar-refractivity contribution is 7.13. The predicted octanol–water partition coefficient (Wildman–Crippen LogP) is 2.92. The standard InChI is InChI=1S/C11H18N2O2S/c1-3-4-5-6-7-12-11-13-9(8-16-11)10(14)15-2/h8H,3-7H2,1-2H3,(H,12,13). The molecule has 0 atom stereocenters. The Morgan fingerprint density at radius 2 is 2.31 bits per heavy atom. The fraction of sp³-hybridized carbons (Fsp3) is 0.636. The molecule has 1 heterocycles. The number of esters is 1. The Hall–Kier alpha value is -1.10. The van der Waals surface area contributed by atoms with Gasteiger partial charge < -0.3 is 10.1 Å². The molecule has 0 unspecified atom stereocenters. The van der Waals surface area contributed by atoms with E-state index in [0.29, 0.717) is 5.69 Å². The number of carbonyl (C=O) groups excluding carboxylic acids is 1. The van der Waals surface area contributed by atoms with Gasteiger partial charge >= 0.3 is 5.97 Å². The summed E-state index contributed by atoms with van der Waals surface area (Å²) in [5.41, 5.74) is 0.378. The molecule has 0 saturated heterocycles. The number of hydrogen-bond acceptors (Lipinski definition) is 5. The quantitative estimate of drug-likeness (QED) is 0.590. The van der Waals surface area contributed by atoms with Crippen molar-refractivity contribution in [2.75, 3.05) is 19.0 Å². The molecule has 5 heteroatoms. The first kappa shape index (κ1) is 13.0. The Morgan fingerprint density at radius 3 is 3.00 bits per heavy atom. The van der Waals surface area contributed by atoms with Crippen LogP contribution in [0.4, 0.5) is 5.13 Å². The lowest BCUT2D eigenvalue weighted by Crippen LogP contribution is -2.04. The van der Waals surface area contributed by atoms with Crippen LogP contribution in [0.25, 0.3) is 0 Å². The number of nitrogens with zero attached hydrogens (tertiary/aromatic N) is 1. The van der Waals surface area contributed by atoms with Crippen molar-refractivity contribution in [1.29, 1.82) is 0 Å². The molecular formula is C11H18N2O2S. The summed E-state index contributed by atoms with van der Waals surface area (Å²) in [4.78, 5) is 15.3. The van der Waals surface area contributed by atoms with Crippen LogP contribution >= 0.6 is 11.3 Å². The number of hydrogen-bond donors (Lipinski definition) is 1. The van der Waals surface area contributed by atoms with Gasteiger partial charge in [0.25, 0.3) is 0 Å². The summed E-state index contributed by atoms with van der Waals surface area (Å²) in [6, 6.07) is 0. The molecule has 16 heavy (non-hydrogen) atoms. The van der Waals surface area contributed by atoms with Gasteiger partial charge in [-0.15, -0.1) is 11.3 Å². The van der Waals surface area contributed by atoms with E-state index in [2.05, 4.69) is 22.0 Å². The average Bonchev–Trinajstić information content (AvgIpc) is 2.76. The molecule has 1 aromatic heterocycles. The lowest BCUT2D eigenvalue weighted by atomic mass is 10.2. The molecule has 0 saturated carbocycles. The van der Waals surface area contributed by atoms with E-state index >= 15 is 0 Å². The second-order valence-corrected chi connectivity index (χ2v) is 4.38. The molecule has 0 aromatic carbocycles. The molecular weight excluding hydrogens is 224 g/mol. The van der Waals surface area contributed by atoms with Gasteiger partial charge in [-0.05, 0) is 6.42 Å². The highest BCUT2D eigenvalue weighted by atomic mass is 32.1. The largest absolute Gasteiger partial charge is 0.464 e. The third kappa shape index (κ3) is 4.18. The van der Waals surface area contributed by atoms with Crippen molar-refractivity contribution in [1.82, 2.24) is 4.98 Å². The Bertz CT molecular complexity index is 326. The molecule has 0 aliphatic rings. The van der Waals surface area contributed by atoms with E-state index < -0.39 is 0 Å². The number of carbonyl (C=O) groups is 1. The smallest absolute Gasteiger partial charge is 0.357 e. The van der Waals surface area contributed by atoms with Crippen LogP contribution in [0.5, 0.6) is 0 Å². The zero-order valence-electron chi connectivity index (χ0n) is 9.78. The third-order valence-electron chi connectivity index (χ3n) is 2.21. The Labute approximate surface area is 100 Å². The van der Waals surface area contributed by atoms with Crippen LogP contribution in [-0.2, 0) is 4.74 Å². The van der Waals surface area contributed by atoms with Gasteiger partial charge in [0.2, 0.25) is 0 Å². The van der Waals surface area contributed by atoms with Gasteiger partial charge in [-0.3, -0.25) is 0 Å². The van der Waals surface area contributed by atoms with Gasteiger partial charge in [-0.2, -0.15) is 0 Å². The minimum Gasteiger partial charge on any atom is -0.464 e. The molecule has 0 fully saturated rings. The number of nitrogens with one attached hydrogen (secondary N) is 1. The Morgan fingerprint density at radius 1 is 1.50 bits per heavy atom. The van der Waals surface area contributed by atoms with Crippen molar-refractivity contribution in [3.05, 3.63) is 11.1 Å². The van der Waals surface area contributed by atoms with Crippen LogP contribution in [0.2, 0.25) is 0 Å². The van der Waals surface area contributed by atoms with Crippen molar-refractivity contribution >= 4 is 22.4 Å². The lowest BCUT2D eigenvalue weighted by Gasteiger charge is -2.01. The van der Waals surface area contributed by atoms with Crippen molar-refractivity contribution in [2.45, 2.75) is 32.6 Å². The number of unbranched alkanes of at least 4 members (excludes halogenated alkanes) is 3. The minimum atomic E-state index is -0.379. The summed E-state index contributed by atoms with van der Waals surface area (Å²) in [5.74, 6) is -0.379. The van der Waals surface area contributed by atoms with Gasteiger partial charge in [0.15, 0.2) is 10.8 Å². The number of ether oxygens (including phenoxy) is 1. The zero-order valence-corrected chi connectivity index (χ0v) is 10.6. The molecule has 0 aliphatic heterocycles. The number of methoxy groups -OCH3 is 1. The molecule has 1 N–H and O–H groups in total. The maximum atomic E-state index is 11.1. The summed E-state index contributed by atoms with van der Waals surface area (Å²) < 4.78 is 4.58. The molecule has 1 rings (SSSR count). The van der Waals surface area contributed by atoms with Crippen LogP contribution in [0, 0.1) is 0 Å². The summed E-state index contributed by atoms with van der Waals surface area (Å²) in [7, 11) is 1.36. The van der Waals surface area contributed by atoms with Crippen LogP contribution in [0.15, 0.2) is 5.38 Å². The van der Waals surface area contributed by atoms with Crippen LogP contribution in [-0.4, -0.2) is 24.6 Å². The molecule has 1 aromatic rings. The van der Waals surface area contributed by atoms with Crippen LogP contribution in [0.3, 0.4) is 0 Å². The maximum absolute atomic E-state index is 11.1. The number of thiazole rings is 1. The minimum absolute atomic E-state index is 0.378. The van der Waals surface area contributed by atoms with E-state index in [-0.39, 0.29) is 5.97 Å². The lowest BCUT2D eigenvalue weighted by molar-refractivity contribution is 0.0595. The third-order valence-corrected chi connectivity index (χ3v) is 3.01. The molecule has 0 radical (unpaired) electrons. The summed E-state index contributed by atoms with van der Waals surface area (Å²) >= 11 is 1.43. The first-order chi connectivity index (χ1) is 7.77. The van der Waals surface area contributed by atoms with Crippen molar-refractivity contribution < 1.29 is 9.53 Å². The number of aromatic nitrogens is 1. The van der Waals surface area contributed by atoms with Gasteiger partial charge in [-0.1, -0.05) is 26.2 Å². The van der Waals surface area contributed by atoms with E-state index in [0.717, 1.165) is 18.1 Å². The van der Waals surface area contributed by atoms with E-state index in [4.69, 9.17) is 0 Å². The average molecular weight is 242 g/mol. The summed E-state index contributed by atoms with van der Waals surface area (Å²) in [6.07, 6.45) is 4.89. The number of anilines is 1. The molecule has 0 aliphatic carbocycles. The SMILES string of the molecule is CCCCCCNc1nc(C(=O)OC)cs1. The van der Waals surface area contributed by atoms with Crippen molar-refractivity contribution in [3.63, 3.8) is 0 Å². The van der Waals surface area contributed by atoms with E-state index in [1.807, 2.05) is 0 Å². The zero-order chi connectivity index (χ0) is 11.8. The Balaban J connectivity index is 2.27. The second-order valence-electron chi connectivity index (χ2n) is 3.52. The van der Waals surface area contributed by atoms with Crippen LogP contribution < -0.4 is 5.32 Å². The molecule has 0 spiro atoms. The molecule has 0 amide bonds. The fourth-order valence-corrected chi connectivity index (χ4v) is 2.01. The second kappa shape index (κ2) is 7.22. The van der Waals surface area contributed by atoms with Gasteiger partial charge in [0, 0.05) is 11.9 Å². The normalized spacial score (nSPS) is 10.1. The van der Waals surface area contributed by atoms with Gasteiger partial charge in [0.05, 0.1) is 7.11 Å². The van der Waals surface area contributed by atoms with E-state index in [1.54, 1.807) is 5.38 Å². The topological polar surface area (TPSA) is 51.2 Å². The highest BCUT2D eigenvalue weighted by Crippen LogP contribution is 2.16.